The summed E-state index contributed by atoms with van der Waals surface area (Å²) in [5, 5.41) is 0. The first-order valence-corrected chi connectivity index (χ1v) is 8.48. The second kappa shape index (κ2) is 6.11. The minimum Gasteiger partial charge on any atom is -0.496 e. The van der Waals surface area contributed by atoms with E-state index in [9.17, 15) is 8.42 Å². The van der Waals surface area contributed by atoms with Gasteiger partial charge in [-0.3, -0.25) is 4.72 Å². The highest BCUT2D eigenvalue weighted by Crippen LogP contribution is 2.29. The smallest absolute Gasteiger partial charge is 0.263 e. The number of hydrogen-bond donors (Lipinski definition) is 1. The van der Waals surface area contributed by atoms with E-state index in [1.807, 2.05) is 0 Å². The lowest BCUT2D eigenvalue weighted by Crippen LogP contribution is -2.14. The fraction of sp³-hybridized carbons (Fsp3) is 0.0833. The van der Waals surface area contributed by atoms with Crippen LogP contribution >= 0.6 is 31.9 Å². The number of pyridine rings is 1. The maximum atomic E-state index is 12.3. The third-order valence-corrected chi connectivity index (χ3v) is 5.02. The Labute approximate surface area is 133 Å². The number of methoxy groups -OCH3 is 1. The highest BCUT2D eigenvalue weighted by Gasteiger charge is 2.17. The van der Waals surface area contributed by atoms with Crippen molar-refractivity contribution >= 4 is 47.7 Å². The van der Waals surface area contributed by atoms with Crippen LogP contribution in [0.5, 0.6) is 5.75 Å². The largest absolute Gasteiger partial charge is 0.496 e. The third kappa shape index (κ3) is 3.31. The van der Waals surface area contributed by atoms with Crippen molar-refractivity contribution < 1.29 is 13.2 Å². The molecule has 5 nitrogen and oxygen atoms in total. The van der Waals surface area contributed by atoms with Crippen molar-refractivity contribution in [1.29, 1.82) is 0 Å². The highest BCUT2D eigenvalue weighted by molar-refractivity contribution is 9.11. The monoisotopic (exact) mass is 420 g/mol. The summed E-state index contributed by atoms with van der Waals surface area (Å²) >= 11 is 6.50. The summed E-state index contributed by atoms with van der Waals surface area (Å²) in [5.41, 5.74) is 0. The number of sulfonamides is 1. The fourth-order valence-electron chi connectivity index (χ4n) is 1.46. The predicted molar refractivity (Wildman–Crippen MR) is 83.4 cm³/mol. The predicted octanol–water partition coefficient (Wildman–Crippen LogP) is 3.42. The molecule has 2 rings (SSSR count). The molecular formula is C12H10Br2N2O3S. The minimum atomic E-state index is -3.71. The van der Waals surface area contributed by atoms with Crippen molar-refractivity contribution in [3.8, 4) is 5.75 Å². The van der Waals surface area contributed by atoms with E-state index in [-0.39, 0.29) is 10.7 Å². The molecule has 8 heteroatoms. The molecule has 0 spiro atoms. The van der Waals surface area contributed by atoms with Gasteiger partial charge in [0.1, 0.15) is 5.75 Å². The molecule has 0 aliphatic carbocycles. The number of rotatable bonds is 4. The van der Waals surface area contributed by atoms with Crippen LogP contribution in [0.3, 0.4) is 0 Å². The topological polar surface area (TPSA) is 68.3 Å². The van der Waals surface area contributed by atoms with Gasteiger partial charge >= 0.3 is 0 Å². The zero-order valence-corrected chi connectivity index (χ0v) is 14.3. The first kappa shape index (κ1) is 15.3. The Balaban J connectivity index is 2.36. The van der Waals surface area contributed by atoms with Crippen LogP contribution < -0.4 is 9.46 Å². The Hall–Kier alpha value is -1.12. The number of nitrogens with zero attached hydrogens (tertiary/aromatic N) is 1. The summed E-state index contributed by atoms with van der Waals surface area (Å²) in [4.78, 5) is 4.09. The molecule has 0 unspecified atom stereocenters. The van der Waals surface area contributed by atoms with Gasteiger partial charge in [-0.15, -0.1) is 0 Å². The van der Waals surface area contributed by atoms with Crippen LogP contribution in [-0.2, 0) is 10.0 Å². The van der Waals surface area contributed by atoms with Gasteiger partial charge in [-0.2, -0.15) is 0 Å². The first-order valence-electron chi connectivity index (χ1n) is 5.41. The number of nitrogens with one attached hydrogen (secondary N) is 1. The number of aromatic nitrogens is 1. The van der Waals surface area contributed by atoms with E-state index in [1.165, 1.54) is 25.4 Å². The van der Waals surface area contributed by atoms with Crippen LogP contribution in [-0.4, -0.2) is 20.5 Å². The van der Waals surface area contributed by atoms with Crippen LogP contribution in [0.2, 0.25) is 0 Å². The van der Waals surface area contributed by atoms with Gasteiger partial charge in [0.2, 0.25) is 0 Å². The molecule has 0 fully saturated rings. The molecule has 1 aromatic carbocycles. The number of anilines is 1. The maximum Gasteiger partial charge on any atom is 0.263 e. The van der Waals surface area contributed by atoms with Crippen LogP contribution in [0.4, 0.5) is 5.82 Å². The van der Waals surface area contributed by atoms with Crippen molar-refractivity contribution in [2.24, 2.45) is 0 Å². The zero-order chi connectivity index (χ0) is 14.8. The summed E-state index contributed by atoms with van der Waals surface area (Å²) in [5.74, 6) is 0.794. The molecule has 106 valence electrons. The lowest BCUT2D eigenvalue weighted by molar-refractivity contribution is 0.411. The van der Waals surface area contributed by atoms with E-state index < -0.39 is 10.0 Å². The molecule has 1 N–H and O–H groups in total. The number of benzene rings is 1. The number of ether oxygens (including phenoxy) is 1. The quantitative estimate of drug-likeness (QED) is 0.821. The lowest BCUT2D eigenvalue weighted by Gasteiger charge is -2.10. The van der Waals surface area contributed by atoms with Gasteiger partial charge in [0.05, 0.1) is 21.0 Å². The number of halogens is 2. The van der Waals surface area contributed by atoms with Crippen LogP contribution in [0.15, 0.2) is 50.4 Å². The summed E-state index contributed by atoms with van der Waals surface area (Å²) in [6.45, 7) is 0. The van der Waals surface area contributed by atoms with Gasteiger partial charge in [-0.05, 0) is 62.2 Å². The summed E-state index contributed by atoms with van der Waals surface area (Å²) < 4.78 is 33.2. The molecule has 1 aromatic heterocycles. The van der Waals surface area contributed by atoms with Gasteiger partial charge in [-0.25, -0.2) is 13.4 Å². The van der Waals surface area contributed by atoms with Crippen LogP contribution in [0.1, 0.15) is 0 Å². The molecule has 0 radical (unpaired) electrons. The van der Waals surface area contributed by atoms with Crippen LogP contribution in [0, 0.1) is 0 Å². The molecule has 20 heavy (non-hydrogen) atoms. The Morgan fingerprint density at radius 2 is 1.95 bits per heavy atom. The Morgan fingerprint density at radius 3 is 2.55 bits per heavy atom. The summed E-state index contributed by atoms with van der Waals surface area (Å²) in [6, 6.07) is 7.91. The Morgan fingerprint density at radius 1 is 1.20 bits per heavy atom. The zero-order valence-electron chi connectivity index (χ0n) is 10.3. The van der Waals surface area contributed by atoms with Gasteiger partial charge in [0.25, 0.3) is 10.0 Å². The molecule has 0 atom stereocenters. The summed E-state index contributed by atoms with van der Waals surface area (Å²) in [7, 11) is -2.20. The second-order valence-electron chi connectivity index (χ2n) is 3.74. The van der Waals surface area contributed by atoms with E-state index in [0.29, 0.717) is 14.7 Å². The van der Waals surface area contributed by atoms with Crippen molar-refractivity contribution in [3.63, 3.8) is 0 Å². The first-order chi connectivity index (χ1) is 9.44. The van der Waals surface area contributed by atoms with Crippen molar-refractivity contribution in [2.75, 3.05) is 11.8 Å². The molecule has 1 heterocycles. The molecule has 0 aliphatic heterocycles. The van der Waals surface area contributed by atoms with Crippen LogP contribution in [0.25, 0.3) is 0 Å². The molecular weight excluding hydrogens is 412 g/mol. The van der Waals surface area contributed by atoms with E-state index >= 15 is 0 Å². The molecule has 0 amide bonds. The molecule has 0 bridgehead atoms. The van der Waals surface area contributed by atoms with E-state index in [2.05, 4.69) is 41.6 Å². The highest BCUT2D eigenvalue weighted by atomic mass is 79.9. The Kier molecular flexibility index (Phi) is 4.66. The average Bonchev–Trinajstić information content (AvgIpc) is 2.41. The lowest BCUT2D eigenvalue weighted by atomic mass is 10.3. The van der Waals surface area contributed by atoms with Crippen molar-refractivity contribution in [1.82, 2.24) is 4.98 Å². The minimum absolute atomic E-state index is 0.114. The van der Waals surface area contributed by atoms with Crippen molar-refractivity contribution in [2.45, 2.75) is 4.90 Å². The Bertz CT molecular complexity index is 735. The standard InChI is InChI=1S/C12H10Br2N2O3S/c1-19-11-5-4-8(7-10(11)14)20(17,18)16-12-9(13)3-2-6-15-12/h2-7H,1H3,(H,15,16). The van der Waals surface area contributed by atoms with E-state index in [1.54, 1.807) is 18.2 Å². The van der Waals surface area contributed by atoms with Crippen molar-refractivity contribution in [3.05, 3.63) is 45.5 Å². The molecule has 0 aliphatic rings. The average molecular weight is 422 g/mol. The van der Waals surface area contributed by atoms with Gasteiger partial charge in [-0.1, -0.05) is 0 Å². The second-order valence-corrected chi connectivity index (χ2v) is 7.13. The maximum absolute atomic E-state index is 12.3. The fourth-order valence-corrected chi connectivity index (χ4v) is 3.69. The normalized spacial score (nSPS) is 11.2. The third-order valence-electron chi connectivity index (χ3n) is 2.42. The van der Waals surface area contributed by atoms with Gasteiger partial charge in [0, 0.05) is 6.20 Å². The summed E-state index contributed by atoms with van der Waals surface area (Å²) in [6.07, 6.45) is 1.51. The molecule has 0 saturated heterocycles. The van der Waals surface area contributed by atoms with E-state index in [4.69, 9.17) is 4.74 Å². The molecule has 2 aromatic rings. The van der Waals surface area contributed by atoms with E-state index in [0.717, 1.165) is 0 Å². The van der Waals surface area contributed by atoms with Gasteiger partial charge < -0.3 is 4.74 Å². The van der Waals surface area contributed by atoms with Gasteiger partial charge in [0.15, 0.2) is 5.82 Å². The number of hydrogen-bond acceptors (Lipinski definition) is 4. The SMILES string of the molecule is COc1ccc(S(=O)(=O)Nc2ncccc2Br)cc1Br. The molecule has 0 saturated carbocycles.